The van der Waals surface area contributed by atoms with Crippen molar-refractivity contribution in [3.05, 3.63) is 0 Å². The number of hydrogen-bond acceptors (Lipinski definition) is 2. The lowest BCUT2D eigenvalue weighted by Crippen LogP contribution is -2.47. The standard InChI is InChI=1S/C17H38N2/c1-8-18-13-17(16(6)7)19(11-9-14(2)3)12-10-15(4)5/h14-18H,8-13H2,1-7H3. The maximum atomic E-state index is 3.54. The van der Waals surface area contributed by atoms with Crippen LogP contribution in [-0.4, -0.2) is 37.1 Å². The van der Waals surface area contributed by atoms with E-state index < -0.39 is 0 Å². The first kappa shape index (κ1) is 18.9. The summed E-state index contributed by atoms with van der Waals surface area (Å²) in [6, 6.07) is 0.678. The number of likely N-dealkylation sites (N-methyl/N-ethyl adjacent to an activating group) is 1. The van der Waals surface area contributed by atoms with Crippen molar-refractivity contribution in [2.45, 2.75) is 67.3 Å². The Balaban J connectivity index is 4.52. The zero-order chi connectivity index (χ0) is 14.8. The normalized spacial score (nSPS) is 14.1. The van der Waals surface area contributed by atoms with Gasteiger partial charge in [-0.3, -0.25) is 4.90 Å². The molecule has 0 fully saturated rings. The average Bonchev–Trinajstić information content (AvgIpc) is 2.30. The van der Waals surface area contributed by atoms with Crippen LogP contribution in [0, 0.1) is 17.8 Å². The van der Waals surface area contributed by atoms with Gasteiger partial charge in [-0.1, -0.05) is 48.5 Å². The fraction of sp³-hybridized carbons (Fsp3) is 1.00. The first-order chi connectivity index (χ1) is 8.88. The molecule has 0 aromatic rings. The molecule has 0 aromatic heterocycles. The summed E-state index contributed by atoms with van der Waals surface area (Å²) in [4.78, 5) is 2.73. The van der Waals surface area contributed by atoms with Crippen LogP contribution in [0.4, 0.5) is 0 Å². The summed E-state index contributed by atoms with van der Waals surface area (Å²) in [7, 11) is 0. The van der Waals surface area contributed by atoms with Crippen molar-refractivity contribution in [1.82, 2.24) is 10.2 Å². The lowest BCUT2D eigenvalue weighted by molar-refractivity contribution is 0.137. The van der Waals surface area contributed by atoms with Crippen molar-refractivity contribution in [2.24, 2.45) is 17.8 Å². The third-order valence-corrected chi connectivity index (χ3v) is 3.83. The van der Waals surface area contributed by atoms with Crippen LogP contribution in [0.1, 0.15) is 61.3 Å². The summed E-state index contributed by atoms with van der Waals surface area (Å²) in [5.41, 5.74) is 0. The second-order valence-corrected chi connectivity index (χ2v) is 7.02. The van der Waals surface area contributed by atoms with E-state index in [0.29, 0.717) is 6.04 Å². The van der Waals surface area contributed by atoms with E-state index in [9.17, 15) is 0 Å². The SMILES string of the molecule is CCNCC(C(C)C)N(CCC(C)C)CCC(C)C. The van der Waals surface area contributed by atoms with Gasteiger partial charge in [0.2, 0.25) is 0 Å². The second kappa shape index (κ2) is 10.7. The lowest BCUT2D eigenvalue weighted by atomic mass is 9.99. The smallest absolute Gasteiger partial charge is 0.0243 e. The predicted molar refractivity (Wildman–Crippen MR) is 87.7 cm³/mol. The van der Waals surface area contributed by atoms with Gasteiger partial charge in [0.15, 0.2) is 0 Å². The average molecular weight is 271 g/mol. The molecule has 0 spiro atoms. The highest BCUT2D eigenvalue weighted by Gasteiger charge is 2.21. The maximum absolute atomic E-state index is 3.54. The van der Waals surface area contributed by atoms with Gasteiger partial charge in [-0.05, 0) is 50.2 Å². The Kier molecular flexibility index (Phi) is 10.6. The topological polar surface area (TPSA) is 15.3 Å². The van der Waals surface area contributed by atoms with E-state index in [2.05, 4.69) is 58.7 Å². The van der Waals surface area contributed by atoms with Crippen molar-refractivity contribution in [3.8, 4) is 0 Å². The molecule has 2 heteroatoms. The van der Waals surface area contributed by atoms with E-state index in [1.165, 1.54) is 25.9 Å². The summed E-state index contributed by atoms with van der Waals surface area (Å²) >= 11 is 0. The molecule has 0 saturated carbocycles. The summed E-state index contributed by atoms with van der Waals surface area (Å²) in [6.07, 6.45) is 2.63. The first-order valence-electron chi connectivity index (χ1n) is 8.33. The second-order valence-electron chi connectivity index (χ2n) is 7.02. The third kappa shape index (κ3) is 9.45. The molecular weight excluding hydrogens is 232 g/mol. The van der Waals surface area contributed by atoms with E-state index in [1.807, 2.05) is 0 Å². The van der Waals surface area contributed by atoms with Gasteiger partial charge in [0.1, 0.15) is 0 Å². The molecule has 1 unspecified atom stereocenters. The van der Waals surface area contributed by atoms with Gasteiger partial charge in [-0.25, -0.2) is 0 Å². The monoisotopic (exact) mass is 270 g/mol. The molecule has 0 saturated heterocycles. The maximum Gasteiger partial charge on any atom is 0.0243 e. The Bertz CT molecular complexity index is 187. The molecule has 1 atom stereocenters. The fourth-order valence-corrected chi connectivity index (χ4v) is 2.37. The highest BCUT2D eigenvalue weighted by molar-refractivity contribution is 4.78. The van der Waals surface area contributed by atoms with Gasteiger partial charge in [-0.2, -0.15) is 0 Å². The van der Waals surface area contributed by atoms with Gasteiger partial charge in [0.05, 0.1) is 0 Å². The van der Waals surface area contributed by atoms with Gasteiger partial charge in [-0.15, -0.1) is 0 Å². The molecule has 0 aliphatic carbocycles. The largest absolute Gasteiger partial charge is 0.315 e. The Morgan fingerprint density at radius 1 is 0.842 bits per heavy atom. The van der Waals surface area contributed by atoms with Crippen molar-refractivity contribution in [1.29, 1.82) is 0 Å². The Labute approximate surface area is 122 Å². The summed E-state index contributed by atoms with van der Waals surface area (Å²) < 4.78 is 0. The minimum Gasteiger partial charge on any atom is -0.315 e. The Morgan fingerprint density at radius 2 is 1.32 bits per heavy atom. The molecular formula is C17H38N2. The molecule has 0 rings (SSSR count). The molecule has 116 valence electrons. The third-order valence-electron chi connectivity index (χ3n) is 3.83. The molecule has 0 aromatic carbocycles. The lowest BCUT2D eigenvalue weighted by Gasteiger charge is -2.35. The molecule has 0 radical (unpaired) electrons. The molecule has 19 heavy (non-hydrogen) atoms. The fourth-order valence-electron chi connectivity index (χ4n) is 2.37. The number of rotatable bonds is 11. The van der Waals surface area contributed by atoms with Gasteiger partial charge in [0.25, 0.3) is 0 Å². The quantitative estimate of drug-likeness (QED) is 0.610. The highest BCUT2D eigenvalue weighted by atomic mass is 15.2. The van der Waals surface area contributed by atoms with Crippen LogP contribution in [0.3, 0.4) is 0 Å². The summed E-state index contributed by atoms with van der Waals surface area (Å²) in [5, 5.41) is 3.54. The van der Waals surface area contributed by atoms with Crippen LogP contribution in [0.2, 0.25) is 0 Å². The zero-order valence-electron chi connectivity index (χ0n) is 14.5. The molecule has 0 aliphatic heterocycles. The predicted octanol–water partition coefficient (Wildman–Crippen LogP) is 4.01. The van der Waals surface area contributed by atoms with Crippen molar-refractivity contribution in [2.75, 3.05) is 26.2 Å². The van der Waals surface area contributed by atoms with Gasteiger partial charge >= 0.3 is 0 Å². The minimum atomic E-state index is 0.678. The van der Waals surface area contributed by atoms with Crippen LogP contribution < -0.4 is 5.32 Å². The van der Waals surface area contributed by atoms with Crippen LogP contribution in [0.25, 0.3) is 0 Å². The van der Waals surface area contributed by atoms with Crippen molar-refractivity contribution < 1.29 is 0 Å². The Hall–Kier alpha value is -0.0800. The van der Waals surface area contributed by atoms with Gasteiger partial charge < -0.3 is 5.32 Å². The number of hydrogen-bond donors (Lipinski definition) is 1. The van der Waals surface area contributed by atoms with Crippen LogP contribution in [-0.2, 0) is 0 Å². The minimum absolute atomic E-state index is 0.678. The van der Waals surface area contributed by atoms with E-state index in [4.69, 9.17) is 0 Å². The highest BCUT2D eigenvalue weighted by Crippen LogP contribution is 2.15. The van der Waals surface area contributed by atoms with E-state index >= 15 is 0 Å². The number of nitrogens with one attached hydrogen (secondary N) is 1. The van der Waals surface area contributed by atoms with Gasteiger partial charge in [0, 0.05) is 12.6 Å². The zero-order valence-corrected chi connectivity index (χ0v) is 14.5. The molecule has 0 aliphatic rings. The van der Waals surface area contributed by atoms with Crippen LogP contribution >= 0.6 is 0 Å². The van der Waals surface area contributed by atoms with E-state index in [1.54, 1.807) is 0 Å². The van der Waals surface area contributed by atoms with E-state index in [0.717, 1.165) is 30.8 Å². The molecule has 1 N–H and O–H groups in total. The molecule has 0 amide bonds. The van der Waals surface area contributed by atoms with Crippen LogP contribution in [0.15, 0.2) is 0 Å². The van der Waals surface area contributed by atoms with Crippen LogP contribution in [0.5, 0.6) is 0 Å². The molecule has 0 bridgehead atoms. The van der Waals surface area contributed by atoms with Crippen molar-refractivity contribution >= 4 is 0 Å². The summed E-state index contributed by atoms with van der Waals surface area (Å²) in [5.74, 6) is 2.32. The Morgan fingerprint density at radius 3 is 1.63 bits per heavy atom. The van der Waals surface area contributed by atoms with Crippen molar-refractivity contribution in [3.63, 3.8) is 0 Å². The molecule has 0 heterocycles. The molecule has 2 nitrogen and oxygen atoms in total. The van der Waals surface area contributed by atoms with E-state index in [-0.39, 0.29) is 0 Å². The number of nitrogens with zero attached hydrogens (tertiary/aromatic N) is 1. The first-order valence-corrected chi connectivity index (χ1v) is 8.33. The summed E-state index contributed by atoms with van der Waals surface area (Å²) in [6.45, 7) is 20.9.